The summed E-state index contributed by atoms with van der Waals surface area (Å²) in [5, 5.41) is 9.44. The van der Waals surface area contributed by atoms with Gasteiger partial charge in [-0.3, -0.25) is 14.6 Å². The maximum atomic E-state index is 12.0. The Balaban J connectivity index is 2.31. The zero-order valence-electron chi connectivity index (χ0n) is 9.86. The highest BCUT2D eigenvalue weighted by Crippen LogP contribution is 2.37. The Kier molecular flexibility index (Phi) is 3.80. The number of carbonyl (C=O) groups is 2. The molecular formula is C13H14BrNO3. The van der Waals surface area contributed by atoms with Crippen molar-refractivity contribution >= 4 is 27.7 Å². The quantitative estimate of drug-likeness (QED) is 0.871. The van der Waals surface area contributed by atoms with Gasteiger partial charge in [0.25, 0.3) is 0 Å². The lowest BCUT2D eigenvalue weighted by molar-refractivity contribution is -0.157. The van der Waals surface area contributed by atoms with Crippen molar-refractivity contribution < 1.29 is 14.7 Å². The number of carboxylic acid groups (broad SMARTS) is 1. The average Bonchev–Trinajstić information content (AvgIpc) is 2.32. The Hall–Kier alpha value is -1.23. The Morgan fingerprint density at radius 2 is 2.22 bits per heavy atom. The van der Waals surface area contributed by atoms with Crippen LogP contribution in [0.5, 0.6) is 0 Å². The Labute approximate surface area is 114 Å². The van der Waals surface area contributed by atoms with Crippen molar-refractivity contribution in [2.24, 2.45) is 5.41 Å². The first-order valence-electron chi connectivity index (χ1n) is 5.91. The fraction of sp³-hybridized carbons (Fsp3) is 0.462. The van der Waals surface area contributed by atoms with Crippen molar-refractivity contribution in [1.29, 1.82) is 0 Å². The van der Waals surface area contributed by atoms with Crippen LogP contribution in [0.1, 0.15) is 31.2 Å². The molecule has 0 aromatic carbocycles. The molecule has 2 rings (SSSR count). The molecule has 0 aliphatic heterocycles. The van der Waals surface area contributed by atoms with Crippen LogP contribution in [0.15, 0.2) is 22.9 Å². The molecule has 0 radical (unpaired) electrons. The highest BCUT2D eigenvalue weighted by molar-refractivity contribution is 9.10. The maximum absolute atomic E-state index is 12.0. The molecule has 0 saturated heterocycles. The average molecular weight is 312 g/mol. The SMILES string of the molecule is O=C(O)C1(Cc2cncc(Br)c2)CCCCC1=O. The highest BCUT2D eigenvalue weighted by atomic mass is 79.9. The van der Waals surface area contributed by atoms with Crippen LogP contribution in [0.3, 0.4) is 0 Å². The molecule has 1 atom stereocenters. The summed E-state index contributed by atoms with van der Waals surface area (Å²) in [6, 6.07) is 1.82. The molecule has 18 heavy (non-hydrogen) atoms. The molecular weight excluding hydrogens is 298 g/mol. The summed E-state index contributed by atoms with van der Waals surface area (Å²) in [5.41, 5.74) is -0.470. The molecule has 1 fully saturated rings. The van der Waals surface area contributed by atoms with Gasteiger partial charge in [-0.25, -0.2) is 0 Å². The van der Waals surface area contributed by atoms with Gasteiger partial charge in [-0.1, -0.05) is 6.42 Å². The van der Waals surface area contributed by atoms with Crippen molar-refractivity contribution in [3.05, 3.63) is 28.5 Å². The van der Waals surface area contributed by atoms with Gasteiger partial charge in [-0.05, 0) is 46.8 Å². The van der Waals surface area contributed by atoms with Crippen molar-refractivity contribution in [3.63, 3.8) is 0 Å². The van der Waals surface area contributed by atoms with E-state index in [-0.39, 0.29) is 12.2 Å². The lowest BCUT2D eigenvalue weighted by Gasteiger charge is -2.31. The fourth-order valence-electron chi connectivity index (χ4n) is 2.48. The van der Waals surface area contributed by atoms with E-state index in [2.05, 4.69) is 20.9 Å². The molecule has 1 aromatic heterocycles. The number of hydrogen-bond acceptors (Lipinski definition) is 3. The standard InChI is InChI=1S/C13H14BrNO3/c14-10-5-9(7-15-8-10)6-13(12(17)18)4-2-1-3-11(13)16/h5,7-8H,1-4,6H2,(H,17,18). The summed E-state index contributed by atoms with van der Waals surface area (Å²) >= 11 is 3.30. The smallest absolute Gasteiger partial charge is 0.317 e. The van der Waals surface area contributed by atoms with E-state index in [1.807, 2.05) is 6.07 Å². The van der Waals surface area contributed by atoms with Crippen LogP contribution < -0.4 is 0 Å². The van der Waals surface area contributed by atoms with Crippen LogP contribution in [-0.4, -0.2) is 21.8 Å². The third-order valence-electron chi connectivity index (χ3n) is 3.47. The number of hydrogen-bond donors (Lipinski definition) is 1. The molecule has 1 aliphatic rings. The van der Waals surface area contributed by atoms with E-state index in [9.17, 15) is 14.7 Å². The molecule has 5 heteroatoms. The number of aromatic nitrogens is 1. The Morgan fingerprint density at radius 1 is 1.44 bits per heavy atom. The number of aliphatic carboxylic acids is 1. The van der Waals surface area contributed by atoms with Crippen LogP contribution >= 0.6 is 15.9 Å². The van der Waals surface area contributed by atoms with E-state index >= 15 is 0 Å². The number of Topliss-reactive ketones (excluding diaryl/α,β-unsaturated/α-hetero) is 1. The summed E-state index contributed by atoms with van der Waals surface area (Å²) in [6.45, 7) is 0. The van der Waals surface area contributed by atoms with E-state index in [0.29, 0.717) is 12.8 Å². The van der Waals surface area contributed by atoms with Gasteiger partial charge in [-0.15, -0.1) is 0 Å². The van der Waals surface area contributed by atoms with Gasteiger partial charge in [0.05, 0.1) is 0 Å². The zero-order valence-corrected chi connectivity index (χ0v) is 11.4. The van der Waals surface area contributed by atoms with Gasteiger partial charge in [0.1, 0.15) is 5.41 Å². The van der Waals surface area contributed by atoms with Crippen molar-refractivity contribution in [1.82, 2.24) is 4.98 Å². The number of pyridine rings is 1. The third-order valence-corrected chi connectivity index (χ3v) is 3.90. The molecule has 1 saturated carbocycles. The molecule has 1 unspecified atom stereocenters. The van der Waals surface area contributed by atoms with Gasteiger partial charge < -0.3 is 5.11 Å². The molecule has 1 aromatic rings. The third kappa shape index (κ3) is 2.46. The summed E-state index contributed by atoms with van der Waals surface area (Å²) < 4.78 is 0.795. The first-order chi connectivity index (χ1) is 8.54. The minimum absolute atomic E-state index is 0.152. The largest absolute Gasteiger partial charge is 0.480 e. The first kappa shape index (κ1) is 13.2. The minimum Gasteiger partial charge on any atom is -0.480 e. The molecule has 1 aliphatic carbocycles. The van der Waals surface area contributed by atoms with Crippen LogP contribution in [-0.2, 0) is 16.0 Å². The summed E-state index contributed by atoms with van der Waals surface area (Å²) in [7, 11) is 0. The lowest BCUT2D eigenvalue weighted by Crippen LogP contribution is -2.43. The van der Waals surface area contributed by atoms with Crippen LogP contribution in [0, 0.1) is 5.41 Å². The molecule has 1 heterocycles. The van der Waals surface area contributed by atoms with Gasteiger partial charge in [0.15, 0.2) is 5.78 Å². The van der Waals surface area contributed by atoms with E-state index in [1.165, 1.54) is 0 Å². The normalized spacial score (nSPS) is 23.9. The van der Waals surface area contributed by atoms with Crippen LogP contribution in [0.25, 0.3) is 0 Å². The second-order valence-electron chi connectivity index (χ2n) is 4.71. The van der Waals surface area contributed by atoms with Gasteiger partial charge in [-0.2, -0.15) is 0 Å². The number of carboxylic acids is 1. The van der Waals surface area contributed by atoms with Gasteiger partial charge >= 0.3 is 5.97 Å². The predicted molar refractivity (Wildman–Crippen MR) is 69.2 cm³/mol. The molecule has 0 bridgehead atoms. The fourth-order valence-corrected chi connectivity index (χ4v) is 2.89. The predicted octanol–water partition coefficient (Wildman–Crippen LogP) is 2.60. The minimum atomic E-state index is -1.25. The van der Waals surface area contributed by atoms with Crippen molar-refractivity contribution in [2.45, 2.75) is 32.1 Å². The number of nitrogens with zero attached hydrogens (tertiary/aromatic N) is 1. The van der Waals surface area contributed by atoms with E-state index < -0.39 is 11.4 Å². The molecule has 0 spiro atoms. The van der Waals surface area contributed by atoms with Crippen molar-refractivity contribution in [3.8, 4) is 0 Å². The van der Waals surface area contributed by atoms with E-state index in [0.717, 1.165) is 22.9 Å². The lowest BCUT2D eigenvalue weighted by atomic mass is 9.69. The van der Waals surface area contributed by atoms with Gasteiger partial charge in [0, 0.05) is 23.3 Å². The molecule has 4 nitrogen and oxygen atoms in total. The number of carbonyl (C=O) groups excluding carboxylic acids is 1. The van der Waals surface area contributed by atoms with E-state index in [4.69, 9.17) is 0 Å². The molecule has 0 amide bonds. The summed E-state index contributed by atoms with van der Waals surface area (Å²) in [5.74, 6) is -1.16. The van der Waals surface area contributed by atoms with Crippen molar-refractivity contribution in [2.75, 3.05) is 0 Å². The highest BCUT2D eigenvalue weighted by Gasteiger charge is 2.46. The monoisotopic (exact) mass is 311 g/mol. The second-order valence-corrected chi connectivity index (χ2v) is 5.62. The zero-order chi connectivity index (χ0) is 13.2. The number of halogens is 1. The second kappa shape index (κ2) is 5.18. The number of ketones is 1. The molecule has 96 valence electrons. The first-order valence-corrected chi connectivity index (χ1v) is 6.70. The van der Waals surface area contributed by atoms with Crippen LogP contribution in [0.4, 0.5) is 0 Å². The van der Waals surface area contributed by atoms with E-state index in [1.54, 1.807) is 12.4 Å². The Bertz CT molecular complexity index is 489. The maximum Gasteiger partial charge on any atom is 0.317 e. The summed E-state index contributed by atoms with van der Waals surface area (Å²) in [6.07, 6.45) is 5.87. The summed E-state index contributed by atoms with van der Waals surface area (Å²) in [4.78, 5) is 27.6. The Morgan fingerprint density at radius 3 is 2.83 bits per heavy atom. The molecule has 1 N–H and O–H groups in total. The topological polar surface area (TPSA) is 67.3 Å². The van der Waals surface area contributed by atoms with Gasteiger partial charge in [0.2, 0.25) is 0 Å². The van der Waals surface area contributed by atoms with Crippen LogP contribution in [0.2, 0.25) is 0 Å². The number of rotatable bonds is 3.